The van der Waals surface area contributed by atoms with E-state index in [2.05, 4.69) is 15.3 Å². The summed E-state index contributed by atoms with van der Waals surface area (Å²) in [5.41, 5.74) is 0.156. The molecular weight excluding hydrogens is 264 g/mol. The number of anilines is 1. The van der Waals surface area contributed by atoms with Crippen LogP contribution in [0.2, 0.25) is 0 Å². The summed E-state index contributed by atoms with van der Waals surface area (Å²) in [6.07, 6.45) is 4.12. The number of rotatable bonds is 4. The molecule has 0 aliphatic heterocycles. The molecule has 0 radical (unpaired) electrons. The van der Waals surface area contributed by atoms with Gasteiger partial charge in [0.05, 0.1) is 18.2 Å². The van der Waals surface area contributed by atoms with E-state index in [4.69, 9.17) is 4.74 Å². The van der Waals surface area contributed by atoms with Crippen LogP contribution < -0.4 is 10.1 Å². The number of nitrogens with zero attached hydrogens (tertiary/aromatic N) is 3. The fourth-order valence-corrected chi connectivity index (χ4v) is 1.52. The van der Waals surface area contributed by atoms with Gasteiger partial charge in [-0.25, -0.2) is 4.98 Å². The first kappa shape index (κ1) is 13.4. The van der Waals surface area contributed by atoms with E-state index in [0.29, 0.717) is 0 Å². The van der Waals surface area contributed by atoms with E-state index >= 15 is 0 Å². The highest BCUT2D eigenvalue weighted by Crippen LogP contribution is 2.29. The Morgan fingerprint density at radius 2 is 2.20 bits per heavy atom. The van der Waals surface area contributed by atoms with E-state index in [1.807, 2.05) is 0 Å². The standard InChI is InChI=1S/C12H10N4O4/c1-20-11-3-2-8(6-10(11)16(18)19)15-12(17)9-7-13-4-5-14-9/h2-7H,1H3,(H,15,17). The van der Waals surface area contributed by atoms with Crippen molar-refractivity contribution in [3.8, 4) is 5.75 Å². The molecule has 0 fully saturated rings. The van der Waals surface area contributed by atoms with Crippen molar-refractivity contribution in [2.45, 2.75) is 0 Å². The van der Waals surface area contributed by atoms with Gasteiger partial charge < -0.3 is 10.1 Å². The van der Waals surface area contributed by atoms with Crippen LogP contribution in [0.1, 0.15) is 10.5 Å². The fourth-order valence-electron chi connectivity index (χ4n) is 1.52. The van der Waals surface area contributed by atoms with Crippen molar-refractivity contribution in [1.82, 2.24) is 9.97 Å². The van der Waals surface area contributed by atoms with Crippen LogP contribution in [-0.4, -0.2) is 27.9 Å². The zero-order valence-electron chi connectivity index (χ0n) is 10.4. The number of nitrogens with one attached hydrogen (secondary N) is 1. The van der Waals surface area contributed by atoms with E-state index < -0.39 is 10.8 Å². The minimum atomic E-state index is -0.586. The van der Waals surface area contributed by atoms with E-state index in [9.17, 15) is 14.9 Å². The largest absolute Gasteiger partial charge is 0.490 e. The molecule has 1 N–H and O–H groups in total. The minimum Gasteiger partial charge on any atom is -0.490 e. The Kier molecular flexibility index (Phi) is 3.85. The van der Waals surface area contributed by atoms with E-state index in [1.165, 1.54) is 43.9 Å². The van der Waals surface area contributed by atoms with E-state index in [-0.39, 0.29) is 22.8 Å². The van der Waals surface area contributed by atoms with Crippen LogP contribution in [0.5, 0.6) is 5.75 Å². The number of amides is 1. The molecule has 2 aromatic rings. The average molecular weight is 274 g/mol. The van der Waals surface area contributed by atoms with Crippen molar-refractivity contribution in [3.63, 3.8) is 0 Å². The second-order valence-corrected chi connectivity index (χ2v) is 3.69. The van der Waals surface area contributed by atoms with Crippen LogP contribution in [0, 0.1) is 10.1 Å². The Labute approximate surface area is 113 Å². The quantitative estimate of drug-likeness (QED) is 0.670. The van der Waals surface area contributed by atoms with Gasteiger partial charge in [0, 0.05) is 24.1 Å². The number of aromatic nitrogens is 2. The van der Waals surface area contributed by atoms with Crippen LogP contribution in [-0.2, 0) is 0 Å². The van der Waals surface area contributed by atoms with Gasteiger partial charge in [0.25, 0.3) is 5.91 Å². The van der Waals surface area contributed by atoms with E-state index in [1.54, 1.807) is 0 Å². The highest BCUT2D eigenvalue weighted by Gasteiger charge is 2.16. The molecule has 20 heavy (non-hydrogen) atoms. The molecule has 0 unspecified atom stereocenters. The van der Waals surface area contributed by atoms with Crippen molar-refractivity contribution in [2.24, 2.45) is 0 Å². The van der Waals surface area contributed by atoms with Gasteiger partial charge in [-0.2, -0.15) is 0 Å². The zero-order valence-corrected chi connectivity index (χ0v) is 10.4. The van der Waals surface area contributed by atoms with Crippen molar-refractivity contribution in [1.29, 1.82) is 0 Å². The summed E-state index contributed by atoms with van der Waals surface area (Å²) in [7, 11) is 1.33. The number of methoxy groups -OCH3 is 1. The fraction of sp³-hybridized carbons (Fsp3) is 0.0833. The maximum Gasteiger partial charge on any atom is 0.312 e. The molecule has 1 heterocycles. The summed E-state index contributed by atoms with van der Waals surface area (Å²) in [6, 6.07) is 4.12. The monoisotopic (exact) mass is 274 g/mol. The Morgan fingerprint density at radius 3 is 2.80 bits per heavy atom. The molecule has 0 saturated carbocycles. The zero-order chi connectivity index (χ0) is 14.5. The molecule has 0 saturated heterocycles. The summed E-state index contributed by atoms with van der Waals surface area (Å²) in [5, 5.41) is 13.4. The third-order valence-corrected chi connectivity index (χ3v) is 2.43. The number of nitro groups is 1. The molecule has 0 aliphatic carbocycles. The first-order chi connectivity index (χ1) is 9.61. The number of nitro benzene ring substituents is 1. The third kappa shape index (κ3) is 2.86. The minimum absolute atomic E-state index is 0.117. The first-order valence-corrected chi connectivity index (χ1v) is 5.51. The van der Waals surface area contributed by atoms with Gasteiger partial charge in [-0.15, -0.1) is 0 Å². The molecule has 1 aromatic heterocycles. The normalized spacial score (nSPS) is 9.85. The highest BCUT2D eigenvalue weighted by atomic mass is 16.6. The summed E-state index contributed by atoms with van der Waals surface area (Å²) < 4.78 is 4.87. The van der Waals surface area contributed by atoms with Gasteiger partial charge >= 0.3 is 5.69 Å². The Balaban J connectivity index is 2.24. The lowest BCUT2D eigenvalue weighted by Gasteiger charge is -2.06. The van der Waals surface area contributed by atoms with Crippen molar-refractivity contribution in [2.75, 3.05) is 12.4 Å². The highest BCUT2D eigenvalue weighted by molar-refractivity contribution is 6.02. The van der Waals surface area contributed by atoms with Crippen molar-refractivity contribution in [3.05, 3.63) is 52.6 Å². The number of carbonyl (C=O) groups is 1. The second-order valence-electron chi connectivity index (χ2n) is 3.69. The molecule has 8 heteroatoms. The Bertz CT molecular complexity index is 645. The van der Waals surface area contributed by atoms with Crippen molar-refractivity contribution < 1.29 is 14.5 Å². The lowest BCUT2D eigenvalue weighted by atomic mass is 10.2. The van der Waals surface area contributed by atoms with E-state index in [0.717, 1.165) is 0 Å². The molecule has 0 atom stereocenters. The smallest absolute Gasteiger partial charge is 0.312 e. The number of hydrogen-bond acceptors (Lipinski definition) is 6. The molecular formula is C12H10N4O4. The Morgan fingerprint density at radius 1 is 1.40 bits per heavy atom. The maximum atomic E-state index is 11.8. The summed E-state index contributed by atoms with van der Waals surface area (Å²) in [5.74, 6) is -0.384. The predicted molar refractivity (Wildman–Crippen MR) is 69.6 cm³/mol. The topological polar surface area (TPSA) is 107 Å². The van der Waals surface area contributed by atoms with Crippen LogP contribution in [0.3, 0.4) is 0 Å². The van der Waals surface area contributed by atoms with Gasteiger partial charge in [0.2, 0.25) is 0 Å². The average Bonchev–Trinajstić information content (AvgIpc) is 2.48. The first-order valence-electron chi connectivity index (χ1n) is 5.51. The number of benzene rings is 1. The molecule has 0 bridgehead atoms. The maximum absolute atomic E-state index is 11.8. The van der Waals surface area contributed by atoms with Gasteiger partial charge in [0.1, 0.15) is 5.69 Å². The molecule has 0 spiro atoms. The van der Waals surface area contributed by atoms with Crippen LogP contribution in [0.4, 0.5) is 11.4 Å². The molecule has 8 nitrogen and oxygen atoms in total. The summed E-state index contributed by atoms with van der Waals surface area (Å²) in [6.45, 7) is 0. The molecule has 1 amide bonds. The molecule has 1 aromatic carbocycles. The molecule has 2 rings (SSSR count). The van der Waals surface area contributed by atoms with Gasteiger partial charge in [-0.3, -0.25) is 19.9 Å². The van der Waals surface area contributed by atoms with Crippen molar-refractivity contribution >= 4 is 17.3 Å². The summed E-state index contributed by atoms with van der Waals surface area (Å²) >= 11 is 0. The van der Waals surface area contributed by atoms with Crippen LogP contribution in [0.25, 0.3) is 0 Å². The molecule has 0 aliphatic rings. The van der Waals surface area contributed by atoms with Gasteiger partial charge in [-0.1, -0.05) is 0 Å². The van der Waals surface area contributed by atoms with Gasteiger partial charge in [0.15, 0.2) is 5.75 Å². The number of ether oxygens (including phenoxy) is 1. The number of hydrogen-bond donors (Lipinski definition) is 1. The molecule has 102 valence electrons. The van der Waals surface area contributed by atoms with Crippen LogP contribution in [0.15, 0.2) is 36.8 Å². The number of carbonyl (C=O) groups excluding carboxylic acids is 1. The second kappa shape index (κ2) is 5.74. The predicted octanol–water partition coefficient (Wildman–Crippen LogP) is 1.65. The summed E-state index contributed by atoms with van der Waals surface area (Å²) in [4.78, 5) is 29.7. The SMILES string of the molecule is COc1ccc(NC(=O)c2cnccn2)cc1[N+](=O)[O-]. The van der Waals surface area contributed by atoms with Crippen LogP contribution >= 0.6 is 0 Å². The third-order valence-electron chi connectivity index (χ3n) is 2.43. The lowest BCUT2D eigenvalue weighted by molar-refractivity contribution is -0.385. The lowest BCUT2D eigenvalue weighted by Crippen LogP contribution is -2.13. The Hall–Kier alpha value is -3.03. The van der Waals surface area contributed by atoms with Gasteiger partial charge in [-0.05, 0) is 12.1 Å².